The number of likely N-dealkylation sites (tertiary alicyclic amines) is 1. The van der Waals surface area contributed by atoms with E-state index < -0.39 is 0 Å². The number of carbonyl (C=O) groups is 1. The highest BCUT2D eigenvalue weighted by Gasteiger charge is 2.18. The fraction of sp³-hybridized carbons (Fsp3) is 0.800. The number of rotatable bonds is 2. The number of amidine groups is 1. The van der Waals surface area contributed by atoms with Crippen LogP contribution < -0.4 is 5.73 Å². The smallest absolute Gasteiger partial charge is 0.230 e. The molecule has 15 heavy (non-hydrogen) atoms. The first-order valence-corrected chi connectivity index (χ1v) is 5.37. The molecule has 1 heterocycles. The van der Waals surface area contributed by atoms with Crippen LogP contribution >= 0.6 is 0 Å². The second kappa shape index (κ2) is 5.58. The molecule has 1 atom stereocenters. The summed E-state index contributed by atoms with van der Waals surface area (Å²) in [6.07, 6.45) is 3.28. The van der Waals surface area contributed by atoms with E-state index >= 15 is 0 Å². The van der Waals surface area contributed by atoms with Crippen LogP contribution in [0.1, 0.15) is 32.6 Å². The van der Waals surface area contributed by atoms with Crippen LogP contribution in [0.5, 0.6) is 0 Å². The quantitative estimate of drug-likeness (QED) is 0.308. The summed E-state index contributed by atoms with van der Waals surface area (Å²) in [7, 11) is 0. The Morgan fingerprint density at radius 1 is 1.53 bits per heavy atom. The van der Waals surface area contributed by atoms with E-state index in [0.717, 1.165) is 25.9 Å². The van der Waals surface area contributed by atoms with E-state index in [1.54, 1.807) is 0 Å². The van der Waals surface area contributed by atoms with Gasteiger partial charge in [-0.25, -0.2) is 0 Å². The predicted molar refractivity (Wildman–Crippen MR) is 57.6 cm³/mol. The van der Waals surface area contributed by atoms with E-state index in [2.05, 4.69) is 12.1 Å². The molecule has 3 N–H and O–H groups in total. The van der Waals surface area contributed by atoms with Crippen LogP contribution in [-0.4, -0.2) is 34.9 Å². The van der Waals surface area contributed by atoms with Gasteiger partial charge in [0.05, 0.1) is 6.42 Å². The summed E-state index contributed by atoms with van der Waals surface area (Å²) in [6.45, 7) is 3.79. The molecule has 1 unspecified atom stereocenters. The summed E-state index contributed by atoms with van der Waals surface area (Å²) < 4.78 is 0. The van der Waals surface area contributed by atoms with Crippen molar-refractivity contribution >= 4 is 11.7 Å². The summed E-state index contributed by atoms with van der Waals surface area (Å²) in [5, 5.41) is 11.2. The number of oxime groups is 1. The highest BCUT2D eigenvalue weighted by atomic mass is 16.4. The lowest BCUT2D eigenvalue weighted by Gasteiger charge is -2.19. The van der Waals surface area contributed by atoms with E-state index in [1.165, 1.54) is 6.42 Å². The van der Waals surface area contributed by atoms with Crippen molar-refractivity contribution in [3.8, 4) is 0 Å². The minimum atomic E-state index is -0.0422. The monoisotopic (exact) mass is 213 g/mol. The van der Waals surface area contributed by atoms with Gasteiger partial charge < -0.3 is 15.8 Å². The molecule has 0 aromatic rings. The van der Waals surface area contributed by atoms with Gasteiger partial charge in [0, 0.05) is 13.1 Å². The van der Waals surface area contributed by atoms with Gasteiger partial charge in [-0.1, -0.05) is 12.1 Å². The third-order valence-corrected chi connectivity index (χ3v) is 2.83. The average Bonchev–Trinajstić information content (AvgIpc) is 2.42. The summed E-state index contributed by atoms with van der Waals surface area (Å²) >= 11 is 0. The van der Waals surface area contributed by atoms with E-state index in [9.17, 15) is 4.79 Å². The topological polar surface area (TPSA) is 78.9 Å². The van der Waals surface area contributed by atoms with Crippen molar-refractivity contribution in [3.05, 3.63) is 0 Å². The van der Waals surface area contributed by atoms with Crippen LogP contribution in [0.15, 0.2) is 5.16 Å². The van der Waals surface area contributed by atoms with Crippen LogP contribution in [-0.2, 0) is 4.79 Å². The van der Waals surface area contributed by atoms with Gasteiger partial charge in [0.15, 0.2) is 0 Å². The maximum Gasteiger partial charge on any atom is 0.230 e. The van der Waals surface area contributed by atoms with Gasteiger partial charge in [-0.2, -0.15) is 0 Å². The van der Waals surface area contributed by atoms with E-state index in [1.807, 2.05) is 4.90 Å². The molecule has 1 aliphatic heterocycles. The summed E-state index contributed by atoms with van der Waals surface area (Å²) in [4.78, 5) is 13.5. The van der Waals surface area contributed by atoms with Gasteiger partial charge in [-0.15, -0.1) is 0 Å². The highest BCUT2D eigenvalue weighted by Crippen LogP contribution is 2.16. The first-order valence-electron chi connectivity index (χ1n) is 5.37. The maximum atomic E-state index is 11.7. The standard InChI is InChI=1S/C10H19N3O2/c1-8-3-2-5-13(6-4-8)10(14)7-9(11)12-15/h8,15H,2-7H2,1H3,(H2,11,12). The van der Waals surface area contributed by atoms with Crippen molar-refractivity contribution < 1.29 is 10.0 Å². The third kappa shape index (κ3) is 3.77. The van der Waals surface area contributed by atoms with Crippen LogP contribution in [0.2, 0.25) is 0 Å². The molecule has 0 aliphatic carbocycles. The van der Waals surface area contributed by atoms with Gasteiger partial charge >= 0.3 is 0 Å². The van der Waals surface area contributed by atoms with Crippen molar-refractivity contribution in [1.29, 1.82) is 0 Å². The molecule has 5 nitrogen and oxygen atoms in total. The van der Waals surface area contributed by atoms with Crippen LogP contribution in [0, 0.1) is 5.92 Å². The molecule has 0 saturated carbocycles. The summed E-state index contributed by atoms with van der Waals surface area (Å²) in [5.74, 6) is 0.628. The summed E-state index contributed by atoms with van der Waals surface area (Å²) in [6, 6.07) is 0. The van der Waals surface area contributed by atoms with Crippen molar-refractivity contribution in [2.45, 2.75) is 32.6 Å². The zero-order valence-corrected chi connectivity index (χ0v) is 9.15. The molecule has 0 bridgehead atoms. The lowest BCUT2D eigenvalue weighted by atomic mass is 10.0. The Labute approximate surface area is 89.9 Å². The molecule has 0 spiro atoms. The molecule has 1 fully saturated rings. The molecular weight excluding hydrogens is 194 g/mol. The SMILES string of the molecule is CC1CCCN(C(=O)CC(N)=NO)CC1. The molecule has 1 aliphatic rings. The largest absolute Gasteiger partial charge is 0.409 e. The Hall–Kier alpha value is -1.26. The predicted octanol–water partition coefficient (Wildman–Crippen LogP) is 0.771. The highest BCUT2D eigenvalue weighted by molar-refractivity contribution is 5.98. The van der Waals surface area contributed by atoms with Crippen LogP contribution in [0.25, 0.3) is 0 Å². The van der Waals surface area contributed by atoms with E-state index in [0.29, 0.717) is 5.92 Å². The first kappa shape index (κ1) is 11.8. The fourth-order valence-corrected chi connectivity index (χ4v) is 1.81. The number of nitrogens with two attached hydrogens (primary N) is 1. The normalized spacial score (nSPS) is 23.7. The summed E-state index contributed by atoms with van der Waals surface area (Å²) in [5.41, 5.74) is 5.30. The maximum absolute atomic E-state index is 11.7. The van der Waals surface area contributed by atoms with Crippen LogP contribution in [0.3, 0.4) is 0 Å². The molecule has 86 valence electrons. The Kier molecular flexibility index (Phi) is 4.39. The third-order valence-electron chi connectivity index (χ3n) is 2.83. The number of amides is 1. The molecule has 5 heteroatoms. The molecular formula is C10H19N3O2. The van der Waals surface area contributed by atoms with E-state index in [-0.39, 0.29) is 18.2 Å². The minimum Gasteiger partial charge on any atom is -0.409 e. The number of hydrogen-bond donors (Lipinski definition) is 2. The minimum absolute atomic E-state index is 0.0164. The van der Waals surface area contributed by atoms with Crippen molar-refractivity contribution in [2.75, 3.05) is 13.1 Å². The Bertz CT molecular complexity index is 253. The van der Waals surface area contributed by atoms with Gasteiger partial charge in [-0.3, -0.25) is 4.79 Å². The van der Waals surface area contributed by atoms with Gasteiger partial charge in [-0.05, 0) is 25.2 Å². The van der Waals surface area contributed by atoms with Gasteiger partial charge in [0.1, 0.15) is 5.84 Å². The molecule has 1 saturated heterocycles. The number of nitrogens with zero attached hydrogens (tertiary/aromatic N) is 2. The Morgan fingerprint density at radius 2 is 2.27 bits per heavy atom. The lowest BCUT2D eigenvalue weighted by molar-refractivity contribution is -0.129. The molecule has 1 rings (SSSR count). The lowest BCUT2D eigenvalue weighted by Crippen LogP contribution is -2.34. The van der Waals surface area contributed by atoms with Crippen molar-refractivity contribution in [2.24, 2.45) is 16.8 Å². The zero-order valence-electron chi connectivity index (χ0n) is 9.15. The number of carbonyl (C=O) groups excluding carboxylic acids is 1. The fourth-order valence-electron chi connectivity index (χ4n) is 1.81. The first-order chi connectivity index (χ1) is 7.13. The second-order valence-corrected chi connectivity index (χ2v) is 4.18. The van der Waals surface area contributed by atoms with Gasteiger partial charge in [0.25, 0.3) is 0 Å². The average molecular weight is 213 g/mol. The Morgan fingerprint density at radius 3 is 2.93 bits per heavy atom. The van der Waals surface area contributed by atoms with Crippen LogP contribution in [0.4, 0.5) is 0 Å². The van der Waals surface area contributed by atoms with Crippen molar-refractivity contribution in [3.63, 3.8) is 0 Å². The molecule has 1 amide bonds. The van der Waals surface area contributed by atoms with E-state index in [4.69, 9.17) is 10.9 Å². The number of hydrogen-bond acceptors (Lipinski definition) is 3. The van der Waals surface area contributed by atoms with Gasteiger partial charge in [0.2, 0.25) is 5.91 Å². The molecule has 0 aromatic heterocycles. The zero-order chi connectivity index (χ0) is 11.3. The Balaban J connectivity index is 2.45. The molecule has 0 aromatic carbocycles. The van der Waals surface area contributed by atoms with Crippen molar-refractivity contribution in [1.82, 2.24) is 4.90 Å². The molecule has 0 radical (unpaired) electrons. The second-order valence-electron chi connectivity index (χ2n) is 4.18.